The zero-order chi connectivity index (χ0) is 19.0. The lowest BCUT2D eigenvalue weighted by molar-refractivity contribution is -0.0172. The summed E-state index contributed by atoms with van der Waals surface area (Å²) in [5.41, 5.74) is 4.00. The van der Waals surface area contributed by atoms with Crippen molar-refractivity contribution in [3.05, 3.63) is 52.8 Å². The second kappa shape index (κ2) is 7.01. The Bertz CT molecular complexity index is 978. The number of halogens is 1. The number of nitrogens with zero attached hydrogens (tertiary/aromatic N) is 1. The molecule has 0 fully saturated rings. The first-order valence-corrected chi connectivity index (χ1v) is 10.7. The Labute approximate surface area is 157 Å². The highest BCUT2D eigenvalue weighted by Gasteiger charge is 2.24. The number of ether oxygens (including phenoxy) is 2. The van der Waals surface area contributed by atoms with Crippen LogP contribution >= 0.6 is 0 Å². The molecule has 2 aromatic carbocycles. The molecule has 2 aromatic rings. The third-order valence-corrected chi connectivity index (χ3v) is 5.35. The molecule has 0 unspecified atom stereocenters. The molecule has 0 bridgehead atoms. The summed E-state index contributed by atoms with van der Waals surface area (Å²) in [6.07, 6.45) is 2.82. The topological polar surface area (TPSA) is 67.9 Å². The third-order valence-electron chi connectivity index (χ3n) is 4.76. The maximum atomic E-state index is 14.0. The first-order chi connectivity index (χ1) is 12.9. The zero-order valence-electron chi connectivity index (χ0n) is 15.0. The Morgan fingerprint density at radius 2 is 2.15 bits per heavy atom. The Kier molecular flexibility index (Phi) is 4.69. The Morgan fingerprint density at radius 1 is 1.30 bits per heavy atom. The minimum absolute atomic E-state index is 0.157. The number of hydrogen-bond donors (Lipinski definition) is 1. The van der Waals surface area contributed by atoms with Gasteiger partial charge < -0.3 is 14.4 Å². The average Bonchev–Trinajstić information content (AvgIpc) is 2.61. The monoisotopic (exact) mass is 392 g/mol. The van der Waals surface area contributed by atoms with Crippen LogP contribution in [0.5, 0.6) is 5.75 Å². The number of hydrogen-bond acceptors (Lipinski definition) is 5. The molecular formula is C19H21FN2O4S. The molecule has 6 nitrogen and oxygen atoms in total. The number of anilines is 2. The lowest BCUT2D eigenvalue weighted by Crippen LogP contribution is -2.30. The third kappa shape index (κ3) is 3.86. The van der Waals surface area contributed by atoms with E-state index in [0.29, 0.717) is 30.2 Å². The maximum Gasteiger partial charge on any atom is 0.229 e. The summed E-state index contributed by atoms with van der Waals surface area (Å²) in [7, 11) is -3.36. The van der Waals surface area contributed by atoms with Gasteiger partial charge in [-0.25, -0.2) is 12.8 Å². The van der Waals surface area contributed by atoms with Crippen LogP contribution < -0.4 is 14.4 Å². The van der Waals surface area contributed by atoms with Gasteiger partial charge in [-0.3, -0.25) is 4.72 Å². The van der Waals surface area contributed by atoms with E-state index in [2.05, 4.69) is 9.62 Å². The van der Waals surface area contributed by atoms with Crippen molar-refractivity contribution in [1.29, 1.82) is 0 Å². The van der Waals surface area contributed by atoms with Crippen LogP contribution in [0.1, 0.15) is 23.1 Å². The van der Waals surface area contributed by atoms with E-state index in [1.54, 1.807) is 6.07 Å². The number of benzene rings is 2. The molecule has 2 heterocycles. The van der Waals surface area contributed by atoms with Crippen LogP contribution in [-0.2, 0) is 34.3 Å². The fraction of sp³-hybridized carbons (Fsp3) is 0.368. The average molecular weight is 392 g/mol. The fourth-order valence-corrected chi connectivity index (χ4v) is 4.33. The smallest absolute Gasteiger partial charge is 0.229 e. The van der Waals surface area contributed by atoms with Crippen molar-refractivity contribution in [3.63, 3.8) is 0 Å². The first kappa shape index (κ1) is 18.1. The second-order valence-electron chi connectivity index (χ2n) is 6.87. The molecular weight excluding hydrogens is 371 g/mol. The molecule has 27 heavy (non-hydrogen) atoms. The van der Waals surface area contributed by atoms with Crippen molar-refractivity contribution in [3.8, 4) is 5.75 Å². The van der Waals surface area contributed by atoms with E-state index >= 15 is 0 Å². The molecule has 144 valence electrons. The summed E-state index contributed by atoms with van der Waals surface area (Å²) in [5.74, 6) is 0.364. The largest absolute Gasteiger partial charge is 0.467 e. The van der Waals surface area contributed by atoms with Gasteiger partial charge in [0.05, 0.1) is 18.6 Å². The van der Waals surface area contributed by atoms with Crippen molar-refractivity contribution >= 4 is 21.4 Å². The van der Waals surface area contributed by atoms with Crippen molar-refractivity contribution in [2.75, 3.05) is 29.2 Å². The standard InChI is InChI=1S/C19H21FN2O4S/c1-27(23,24)21-17-5-2-6-18-16(17)4-3-7-22(18)10-13-8-15(20)9-14-11-25-12-26-19(13)14/h2,5-6,8-9,21H,3-4,7,10-12H2,1H3. The zero-order valence-corrected chi connectivity index (χ0v) is 15.8. The first-order valence-electron chi connectivity index (χ1n) is 8.77. The molecule has 0 aliphatic carbocycles. The van der Waals surface area contributed by atoms with E-state index in [0.717, 1.165) is 42.5 Å². The van der Waals surface area contributed by atoms with Gasteiger partial charge in [0.25, 0.3) is 0 Å². The molecule has 0 amide bonds. The summed E-state index contributed by atoms with van der Waals surface area (Å²) < 4.78 is 50.8. The van der Waals surface area contributed by atoms with Gasteiger partial charge in [0.15, 0.2) is 6.79 Å². The number of nitrogens with one attached hydrogen (secondary N) is 1. The minimum atomic E-state index is -3.36. The SMILES string of the molecule is CS(=O)(=O)Nc1cccc2c1CCCN2Cc1cc(F)cc2c1OCOC2. The second-order valence-corrected chi connectivity index (χ2v) is 8.61. The molecule has 1 N–H and O–H groups in total. The van der Waals surface area contributed by atoms with Crippen LogP contribution in [0.4, 0.5) is 15.8 Å². The number of fused-ring (bicyclic) bond motifs is 2. The normalized spacial score (nSPS) is 16.3. The number of rotatable bonds is 4. The summed E-state index contributed by atoms with van der Waals surface area (Å²) >= 11 is 0. The van der Waals surface area contributed by atoms with E-state index < -0.39 is 10.0 Å². The summed E-state index contributed by atoms with van der Waals surface area (Å²) in [6, 6.07) is 8.51. The van der Waals surface area contributed by atoms with Crippen molar-refractivity contribution < 1.29 is 22.3 Å². The Balaban J connectivity index is 1.69. The van der Waals surface area contributed by atoms with Gasteiger partial charge in [0, 0.05) is 29.9 Å². The van der Waals surface area contributed by atoms with Crippen molar-refractivity contribution in [1.82, 2.24) is 0 Å². The van der Waals surface area contributed by atoms with Gasteiger partial charge in [0.1, 0.15) is 11.6 Å². The van der Waals surface area contributed by atoms with Gasteiger partial charge in [-0.05, 0) is 42.7 Å². The molecule has 2 aliphatic heterocycles. The molecule has 0 saturated heterocycles. The summed E-state index contributed by atoms with van der Waals surface area (Å²) in [4.78, 5) is 2.14. The van der Waals surface area contributed by atoms with Gasteiger partial charge >= 0.3 is 0 Å². The summed E-state index contributed by atoms with van der Waals surface area (Å²) in [5, 5.41) is 0. The molecule has 0 atom stereocenters. The predicted molar refractivity (Wildman–Crippen MR) is 101 cm³/mol. The molecule has 0 saturated carbocycles. The van der Waals surface area contributed by atoms with Crippen LogP contribution in [0.25, 0.3) is 0 Å². The quantitative estimate of drug-likeness (QED) is 0.866. The van der Waals surface area contributed by atoms with Crippen LogP contribution in [-0.4, -0.2) is 28.0 Å². The highest BCUT2D eigenvalue weighted by molar-refractivity contribution is 7.92. The molecule has 0 aromatic heterocycles. The van der Waals surface area contributed by atoms with E-state index in [-0.39, 0.29) is 12.6 Å². The highest BCUT2D eigenvalue weighted by atomic mass is 32.2. The molecule has 0 radical (unpaired) electrons. The van der Waals surface area contributed by atoms with Crippen LogP contribution in [0.15, 0.2) is 30.3 Å². The number of sulfonamides is 1. The van der Waals surface area contributed by atoms with Crippen LogP contribution in [0, 0.1) is 5.82 Å². The maximum absolute atomic E-state index is 14.0. The van der Waals surface area contributed by atoms with E-state index in [1.807, 2.05) is 12.1 Å². The lowest BCUT2D eigenvalue weighted by Gasteiger charge is -2.33. The Morgan fingerprint density at radius 3 is 2.96 bits per heavy atom. The molecule has 2 aliphatic rings. The van der Waals surface area contributed by atoms with Crippen molar-refractivity contribution in [2.24, 2.45) is 0 Å². The minimum Gasteiger partial charge on any atom is -0.467 e. The molecule has 4 rings (SSSR count). The summed E-state index contributed by atoms with van der Waals surface area (Å²) in [6.45, 7) is 1.77. The lowest BCUT2D eigenvalue weighted by atomic mass is 9.98. The van der Waals surface area contributed by atoms with Crippen molar-refractivity contribution in [2.45, 2.75) is 26.0 Å². The highest BCUT2D eigenvalue weighted by Crippen LogP contribution is 2.36. The molecule has 0 spiro atoms. The fourth-order valence-electron chi connectivity index (χ4n) is 3.74. The van der Waals surface area contributed by atoms with Crippen LogP contribution in [0.2, 0.25) is 0 Å². The van der Waals surface area contributed by atoms with Gasteiger partial charge in [-0.2, -0.15) is 0 Å². The van der Waals surface area contributed by atoms with E-state index in [9.17, 15) is 12.8 Å². The molecule has 8 heteroatoms. The van der Waals surface area contributed by atoms with Gasteiger partial charge in [-0.15, -0.1) is 0 Å². The Hall–Kier alpha value is -2.32. The van der Waals surface area contributed by atoms with Gasteiger partial charge in [-0.1, -0.05) is 6.07 Å². The van der Waals surface area contributed by atoms with Crippen LogP contribution in [0.3, 0.4) is 0 Å². The van der Waals surface area contributed by atoms with Gasteiger partial charge in [0.2, 0.25) is 10.0 Å². The predicted octanol–water partition coefficient (Wildman–Crippen LogP) is 3.02. The van der Waals surface area contributed by atoms with E-state index in [4.69, 9.17) is 9.47 Å². The van der Waals surface area contributed by atoms with E-state index in [1.165, 1.54) is 12.1 Å².